The van der Waals surface area contributed by atoms with Crippen LogP contribution in [0, 0.1) is 0 Å². The van der Waals surface area contributed by atoms with Crippen molar-refractivity contribution in [1.82, 2.24) is 0 Å². The van der Waals surface area contributed by atoms with Crippen LogP contribution in [0.3, 0.4) is 0 Å². The zero-order chi connectivity index (χ0) is 39.9. The van der Waals surface area contributed by atoms with Crippen LogP contribution in [0.1, 0.15) is 149 Å². The highest BCUT2D eigenvalue weighted by Crippen LogP contribution is 2.43. The van der Waals surface area contributed by atoms with Gasteiger partial charge in [-0.15, -0.1) is 0 Å². The van der Waals surface area contributed by atoms with Gasteiger partial charge in [0.05, 0.1) is 31.7 Å². The van der Waals surface area contributed by atoms with Crippen molar-refractivity contribution in [2.24, 2.45) is 5.73 Å². The van der Waals surface area contributed by atoms with Crippen molar-refractivity contribution in [3.8, 4) is 0 Å². The van der Waals surface area contributed by atoms with Crippen LogP contribution < -0.4 is 5.73 Å². The number of epoxide rings is 1. The van der Waals surface area contributed by atoms with Gasteiger partial charge in [0, 0.05) is 13.0 Å². The van der Waals surface area contributed by atoms with Gasteiger partial charge in [-0.05, 0) is 89.5 Å². The Balaban J connectivity index is 2.22. The van der Waals surface area contributed by atoms with Crippen LogP contribution in [-0.2, 0) is 32.6 Å². The van der Waals surface area contributed by atoms with Gasteiger partial charge < -0.3 is 24.8 Å². The number of ether oxygens (including phenoxy) is 3. The van der Waals surface area contributed by atoms with Crippen molar-refractivity contribution in [2.45, 2.75) is 167 Å². The summed E-state index contributed by atoms with van der Waals surface area (Å²) in [6.45, 7) is 3.99. The lowest BCUT2D eigenvalue weighted by molar-refractivity contribution is -0.153. The minimum atomic E-state index is -4.32. The Morgan fingerprint density at radius 1 is 0.673 bits per heavy atom. The molecule has 1 aliphatic heterocycles. The molecule has 0 aromatic carbocycles. The van der Waals surface area contributed by atoms with Crippen LogP contribution in [0.25, 0.3) is 0 Å². The van der Waals surface area contributed by atoms with Gasteiger partial charge in [-0.3, -0.25) is 13.8 Å². The summed E-state index contributed by atoms with van der Waals surface area (Å²) in [6.07, 6.45) is 51.7. The maximum Gasteiger partial charge on any atom is 0.472 e. The maximum absolute atomic E-state index is 12.5. The molecule has 1 fully saturated rings. The molecule has 0 amide bonds. The zero-order valence-corrected chi connectivity index (χ0v) is 35.2. The number of hydrogen-bond donors (Lipinski definition) is 2. The van der Waals surface area contributed by atoms with Crippen molar-refractivity contribution >= 4 is 13.8 Å². The predicted octanol–water partition coefficient (Wildman–Crippen LogP) is 11.9. The lowest BCUT2D eigenvalue weighted by Crippen LogP contribution is -2.27. The number of hydrogen-bond acceptors (Lipinski definition) is 8. The number of phosphoric ester groups is 1. The van der Waals surface area contributed by atoms with Crippen molar-refractivity contribution in [3.63, 3.8) is 0 Å². The van der Waals surface area contributed by atoms with Crippen LogP contribution in [0.4, 0.5) is 0 Å². The van der Waals surface area contributed by atoms with E-state index in [1.165, 1.54) is 70.6 Å². The van der Waals surface area contributed by atoms with Crippen LogP contribution in [0.5, 0.6) is 0 Å². The number of carbonyl (C=O) groups is 1. The summed E-state index contributed by atoms with van der Waals surface area (Å²) < 4.78 is 38.7. The summed E-state index contributed by atoms with van der Waals surface area (Å²) in [7, 11) is -4.32. The first-order valence-electron chi connectivity index (χ1n) is 21.2. The Kier molecular flexibility index (Phi) is 34.0. The molecule has 1 aliphatic rings. The molecule has 0 aromatic rings. The number of unbranched alkanes of at least 4 members (excludes halogenated alkanes) is 11. The average molecular weight is 790 g/mol. The lowest BCUT2D eigenvalue weighted by atomic mass is 10.1. The molecule has 314 valence electrons. The van der Waals surface area contributed by atoms with Gasteiger partial charge in [0.15, 0.2) is 6.10 Å². The maximum atomic E-state index is 12.5. The third-order valence-electron chi connectivity index (χ3n) is 8.78. The van der Waals surface area contributed by atoms with Gasteiger partial charge in [0.1, 0.15) is 6.61 Å². The molecule has 1 rings (SSSR count). The number of rotatable bonds is 38. The van der Waals surface area contributed by atoms with Gasteiger partial charge in [-0.2, -0.15) is 0 Å². The number of phosphoric acid groups is 1. The predicted molar refractivity (Wildman–Crippen MR) is 228 cm³/mol. The highest BCUT2D eigenvalue weighted by atomic mass is 31.2. The van der Waals surface area contributed by atoms with Gasteiger partial charge in [-0.1, -0.05) is 132 Å². The molecule has 0 aliphatic carbocycles. The molecule has 0 bridgehead atoms. The van der Waals surface area contributed by atoms with Crippen LogP contribution >= 0.6 is 7.82 Å². The SMILES string of the molecule is CC/C=C\CC1OC1C/C=C\C/C=C\C/C=C\C/C=C\CCC(=O)O[C@H](CO/C=C/CCCCCCCC/C=C\CCCCCC)COP(=O)(O)OCCN. The van der Waals surface area contributed by atoms with Crippen molar-refractivity contribution in [2.75, 3.05) is 26.4 Å². The summed E-state index contributed by atoms with van der Waals surface area (Å²) in [5.41, 5.74) is 5.35. The Morgan fingerprint density at radius 2 is 1.20 bits per heavy atom. The Bertz CT molecular complexity index is 1180. The first-order chi connectivity index (χ1) is 26.9. The average Bonchev–Trinajstić information content (AvgIpc) is 3.93. The van der Waals surface area contributed by atoms with E-state index in [2.05, 4.69) is 74.6 Å². The first kappa shape index (κ1) is 50.5. The summed E-state index contributed by atoms with van der Waals surface area (Å²) in [5, 5.41) is 0. The Labute approximate surface area is 334 Å². The molecule has 0 saturated carbocycles. The van der Waals surface area contributed by atoms with E-state index in [1.54, 1.807) is 6.26 Å². The minimum absolute atomic E-state index is 0.00920. The van der Waals surface area contributed by atoms with E-state index in [0.29, 0.717) is 18.6 Å². The monoisotopic (exact) mass is 790 g/mol. The van der Waals surface area contributed by atoms with Gasteiger partial charge in [0.25, 0.3) is 0 Å². The number of esters is 1. The molecule has 3 unspecified atom stereocenters. The third kappa shape index (κ3) is 34.5. The molecular formula is C45H76NO8P. The fourth-order valence-electron chi connectivity index (χ4n) is 5.55. The largest absolute Gasteiger partial charge is 0.498 e. The fourth-order valence-corrected chi connectivity index (χ4v) is 6.32. The number of carbonyl (C=O) groups excluding carboxylic acids is 1. The van der Waals surface area contributed by atoms with E-state index in [4.69, 9.17) is 29.0 Å². The first-order valence-corrected chi connectivity index (χ1v) is 22.7. The van der Waals surface area contributed by atoms with Crippen LogP contribution in [-0.4, -0.2) is 55.5 Å². The lowest BCUT2D eigenvalue weighted by Gasteiger charge is -2.19. The minimum Gasteiger partial charge on any atom is -0.498 e. The summed E-state index contributed by atoms with van der Waals surface area (Å²) in [6, 6.07) is 0. The molecule has 4 atom stereocenters. The Morgan fingerprint density at radius 3 is 1.80 bits per heavy atom. The highest BCUT2D eigenvalue weighted by molar-refractivity contribution is 7.47. The molecule has 3 N–H and O–H groups in total. The van der Waals surface area contributed by atoms with E-state index in [9.17, 15) is 14.3 Å². The number of nitrogens with two attached hydrogens (primary N) is 1. The van der Waals surface area contributed by atoms with E-state index in [1.807, 2.05) is 18.2 Å². The third-order valence-corrected chi connectivity index (χ3v) is 9.76. The van der Waals surface area contributed by atoms with Gasteiger partial charge in [-0.25, -0.2) is 4.57 Å². The molecule has 1 saturated heterocycles. The summed E-state index contributed by atoms with van der Waals surface area (Å²) >= 11 is 0. The standard InChI is InChI=1S/C45H76NO8P/c1-3-5-7-8-9-10-11-12-13-14-17-20-23-26-29-33-38-50-40-42(41-52-55(48,49)51-39-37-46)53-45(47)36-32-28-25-22-19-16-15-18-21-24-27-31-35-44-43(54-44)34-30-6-4-2/h6,10-11,16,18-19,21,25,27-28,30-31,33,38,42-44H,3-5,7-9,12-15,17,20,22-24,26,29,32,34-37,39-41,46H2,1-2H3,(H,48,49)/b11-10-,19-16-,21-18-,28-25-,30-6-,31-27-,38-33+/t42-,43?,44?/m1/s1. The van der Waals surface area contributed by atoms with E-state index in [-0.39, 0.29) is 32.8 Å². The normalized spacial score (nSPS) is 18.0. The zero-order valence-electron chi connectivity index (χ0n) is 34.3. The Hall–Kier alpha value is -2.52. The van der Waals surface area contributed by atoms with E-state index >= 15 is 0 Å². The highest BCUT2D eigenvalue weighted by Gasteiger charge is 2.36. The van der Waals surface area contributed by atoms with Crippen LogP contribution in [0.2, 0.25) is 0 Å². The van der Waals surface area contributed by atoms with E-state index in [0.717, 1.165) is 51.4 Å². The van der Waals surface area contributed by atoms with Crippen LogP contribution in [0.15, 0.2) is 85.3 Å². The molecule has 1 heterocycles. The fraction of sp³-hybridized carbons (Fsp3) is 0.667. The molecule has 55 heavy (non-hydrogen) atoms. The van der Waals surface area contributed by atoms with Crippen molar-refractivity contribution in [1.29, 1.82) is 0 Å². The topological polar surface area (TPSA) is 130 Å². The molecule has 0 aromatic heterocycles. The van der Waals surface area contributed by atoms with Gasteiger partial charge in [0.2, 0.25) is 0 Å². The molecule has 0 radical (unpaired) electrons. The number of allylic oxidation sites excluding steroid dienone is 11. The second-order valence-electron chi connectivity index (χ2n) is 13.9. The van der Waals surface area contributed by atoms with Gasteiger partial charge >= 0.3 is 13.8 Å². The smallest absolute Gasteiger partial charge is 0.472 e. The quantitative estimate of drug-likeness (QED) is 0.0157. The summed E-state index contributed by atoms with van der Waals surface area (Å²) in [5.74, 6) is -0.441. The van der Waals surface area contributed by atoms with Crippen molar-refractivity contribution in [3.05, 3.63) is 85.3 Å². The molecule has 0 spiro atoms. The second kappa shape index (κ2) is 37.1. The second-order valence-corrected chi connectivity index (χ2v) is 15.4. The summed E-state index contributed by atoms with van der Waals surface area (Å²) in [4.78, 5) is 22.4. The molecule has 10 heteroatoms. The molecule has 9 nitrogen and oxygen atoms in total. The molecular weight excluding hydrogens is 713 g/mol. The van der Waals surface area contributed by atoms with Crippen molar-refractivity contribution < 1.29 is 37.5 Å². The van der Waals surface area contributed by atoms with E-state index < -0.39 is 19.9 Å².